The average Bonchev–Trinajstić information content (AvgIpc) is 2.27. The molecule has 0 aromatic rings. The van der Waals surface area contributed by atoms with Crippen LogP contribution in [0.25, 0.3) is 0 Å². The van der Waals surface area contributed by atoms with Gasteiger partial charge in [0.05, 0.1) is 5.41 Å². The molecule has 0 aliphatic carbocycles. The van der Waals surface area contributed by atoms with Crippen LogP contribution in [0.5, 0.6) is 0 Å². The molecule has 0 N–H and O–H groups in total. The minimum Gasteiger partial charge on any atom is -0.299 e. The number of hydrogen-bond donors (Lipinski definition) is 0. The maximum absolute atomic E-state index is 11.6. The molecule has 2 heteroatoms. The normalized spacial score (nSPS) is 11.4. The lowest BCUT2D eigenvalue weighted by Crippen LogP contribution is -2.25. The monoisotopic (exact) mass is 225 g/mol. The van der Waals surface area contributed by atoms with Crippen molar-refractivity contribution in [2.45, 2.75) is 72.1 Å². The second kappa shape index (κ2) is 8.49. The van der Waals surface area contributed by atoms with Crippen LogP contribution in [-0.4, -0.2) is 12.1 Å². The van der Waals surface area contributed by atoms with E-state index in [9.17, 15) is 9.59 Å². The molecule has 0 bridgehead atoms. The summed E-state index contributed by atoms with van der Waals surface area (Å²) in [5.41, 5.74) is -0.901. The zero-order chi connectivity index (χ0) is 12.4. The maximum atomic E-state index is 11.6. The van der Waals surface area contributed by atoms with Gasteiger partial charge in [0.15, 0.2) is 0 Å². The molecule has 0 aliphatic heterocycles. The quantitative estimate of drug-likeness (QED) is 0.418. The molecule has 1 radical (unpaired) electrons. The fourth-order valence-corrected chi connectivity index (χ4v) is 1.61. The van der Waals surface area contributed by atoms with Gasteiger partial charge in [-0.15, -0.1) is 0 Å². The van der Waals surface area contributed by atoms with Crippen molar-refractivity contribution in [2.24, 2.45) is 5.41 Å². The fraction of sp³-hybridized carbons (Fsp3) is 0.857. The van der Waals surface area contributed by atoms with Gasteiger partial charge in [-0.2, -0.15) is 0 Å². The third-order valence-electron chi connectivity index (χ3n) is 2.96. The van der Waals surface area contributed by atoms with Gasteiger partial charge in [0.1, 0.15) is 5.78 Å². The first-order valence-corrected chi connectivity index (χ1v) is 6.47. The predicted octanol–water partition coefficient (Wildman–Crippen LogP) is 3.83. The van der Waals surface area contributed by atoms with Crippen molar-refractivity contribution in [3.05, 3.63) is 0 Å². The van der Waals surface area contributed by atoms with E-state index < -0.39 is 5.41 Å². The second-order valence-corrected chi connectivity index (χ2v) is 5.02. The number of rotatable bonds is 10. The zero-order valence-electron chi connectivity index (χ0n) is 11.0. The Hall–Kier alpha value is -0.660. The first kappa shape index (κ1) is 15.3. The summed E-state index contributed by atoms with van der Waals surface area (Å²) in [5.74, 6) is 0.0241. The predicted molar refractivity (Wildman–Crippen MR) is 67.1 cm³/mol. The summed E-state index contributed by atoms with van der Waals surface area (Å²) in [4.78, 5) is 22.1. The molecule has 0 saturated carbocycles. The number of ketones is 1. The molecule has 0 rings (SSSR count). The van der Waals surface area contributed by atoms with Gasteiger partial charge in [-0.25, -0.2) is 0 Å². The van der Waals surface area contributed by atoms with Crippen LogP contribution in [0.1, 0.15) is 72.1 Å². The molecule has 0 fully saturated rings. The van der Waals surface area contributed by atoms with Crippen LogP contribution in [-0.2, 0) is 9.59 Å². The van der Waals surface area contributed by atoms with E-state index >= 15 is 0 Å². The Kier molecular flexibility index (Phi) is 8.14. The van der Waals surface area contributed by atoms with Gasteiger partial charge in [-0.05, 0) is 20.3 Å². The van der Waals surface area contributed by atoms with Gasteiger partial charge in [-0.3, -0.25) is 9.59 Å². The first-order valence-electron chi connectivity index (χ1n) is 6.47. The van der Waals surface area contributed by atoms with Crippen LogP contribution in [0.15, 0.2) is 0 Å². The van der Waals surface area contributed by atoms with Crippen LogP contribution in [0.3, 0.4) is 0 Å². The van der Waals surface area contributed by atoms with E-state index in [1.165, 1.54) is 32.1 Å². The van der Waals surface area contributed by atoms with Crippen molar-refractivity contribution in [3.8, 4) is 0 Å². The van der Waals surface area contributed by atoms with E-state index in [0.717, 1.165) is 12.8 Å². The van der Waals surface area contributed by atoms with E-state index in [0.29, 0.717) is 6.42 Å². The summed E-state index contributed by atoms with van der Waals surface area (Å²) in [6.45, 7) is 5.49. The van der Waals surface area contributed by atoms with Crippen molar-refractivity contribution >= 4 is 12.1 Å². The Morgan fingerprint density at radius 3 is 2.00 bits per heavy atom. The van der Waals surface area contributed by atoms with Crippen molar-refractivity contribution in [1.82, 2.24) is 0 Å². The van der Waals surface area contributed by atoms with E-state index in [1.54, 1.807) is 13.8 Å². The Morgan fingerprint density at radius 1 is 1.00 bits per heavy atom. The second-order valence-electron chi connectivity index (χ2n) is 5.02. The largest absolute Gasteiger partial charge is 0.299 e. The molecule has 0 aromatic heterocycles. The smallest absolute Gasteiger partial charge is 0.212 e. The first-order chi connectivity index (χ1) is 7.54. The maximum Gasteiger partial charge on any atom is 0.212 e. The van der Waals surface area contributed by atoms with Gasteiger partial charge >= 0.3 is 0 Å². The van der Waals surface area contributed by atoms with Crippen LogP contribution in [0.4, 0.5) is 0 Å². The van der Waals surface area contributed by atoms with Crippen molar-refractivity contribution in [3.63, 3.8) is 0 Å². The molecule has 0 atom stereocenters. The summed E-state index contributed by atoms with van der Waals surface area (Å²) in [7, 11) is 0. The van der Waals surface area contributed by atoms with E-state index in [1.807, 2.05) is 6.29 Å². The fourth-order valence-electron chi connectivity index (χ4n) is 1.61. The molecule has 93 valence electrons. The highest BCUT2D eigenvalue weighted by atomic mass is 16.1. The summed E-state index contributed by atoms with van der Waals surface area (Å²) in [6, 6.07) is 0. The zero-order valence-corrected chi connectivity index (χ0v) is 11.0. The highest BCUT2D eigenvalue weighted by molar-refractivity contribution is 5.97. The minimum atomic E-state index is -0.901. The van der Waals surface area contributed by atoms with Crippen LogP contribution in [0, 0.1) is 5.41 Å². The molecule has 0 aliphatic rings. The number of hydrogen-bond acceptors (Lipinski definition) is 2. The Morgan fingerprint density at radius 2 is 1.50 bits per heavy atom. The molecule has 0 spiro atoms. The molecule has 0 heterocycles. The van der Waals surface area contributed by atoms with Gasteiger partial charge in [0.25, 0.3) is 0 Å². The van der Waals surface area contributed by atoms with Gasteiger partial charge in [0, 0.05) is 6.42 Å². The Balaban J connectivity index is 3.45. The SMILES string of the molecule is CCCCCCCCCC(=O)C(C)(C)[C]=O. The van der Waals surface area contributed by atoms with Crippen LogP contribution in [0.2, 0.25) is 0 Å². The number of Topliss-reactive ketones (excluding diaryl/α,β-unsaturated/α-hetero) is 1. The third-order valence-corrected chi connectivity index (χ3v) is 2.96. The third kappa shape index (κ3) is 6.76. The Labute approximate surface area is 99.8 Å². The van der Waals surface area contributed by atoms with Crippen LogP contribution >= 0.6 is 0 Å². The van der Waals surface area contributed by atoms with Gasteiger partial charge < -0.3 is 0 Å². The van der Waals surface area contributed by atoms with Crippen molar-refractivity contribution in [2.75, 3.05) is 0 Å². The number of carbonyl (C=O) groups excluding carboxylic acids is 2. The highest BCUT2D eigenvalue weighted by Crippen LogP contribution is 2.17. The summed E-state index contributed by atoms with van der Waals surface area (Å²) >= 11 is 0. The summed E-state index contributed by atoms with van der Waals surface area (Å²) < 4.78 is 0. The lowest BCUT2D eigenvalue weighted by molar-refractivity contribution is -0.124. The molecule has 0 saturated heterocycles. The minimum absolute atomic E-state index is 0.0241. The van der Waals surface area contributed by atoms with Crippen molar-refractivity contribution < 1.29 is 9.59 Å². The lowest BCUT2D eigenvalue weighted by Gasteiger charge is -2.13. The highest BCUT2D eigenvalue weighted by Gasteiger charge is 2.26. The van der Waals surface area contributed by atoms with E-state index in [2.05, 4.69) is 6.92 Å². The average molecular weight is 225 g/mol. The topological polar surface area (TPSA) is 34.1 Å². The standard InChI is InChI=1S/C14H25O2/c1-4-5-6-7-8-9-10-11-13(16)14(2,3)12-15/h4-11H2,1-3H3. The van der Waals surface area contributed by atoms with Gasteiger partial charge in [-0.1, -0.05) is 45.4 Å². The molecule has 2 nitrogen and oxygen atoms in total. The number of unbranched alkanes of at least 4 members (excludes halogenated alkanes) is 6. The number of carbonyl (C=O) groups is 1. The van der Waals surface area contributed by atoms with Crippen LogP contribution < -0.4 is 0 Å². The van der Waals surface area contributed by atoms with E-state index in [-0.39, 0.29) is 5.78 Å². The molecule has 0 aromatic carbocycles. The molecular weight excluding hydrogens is 200 g/mol. The summed E-state index contributed by atoms with van der Waals surface area (Å²) in [6.07, 6.45) is 10.7. The molecule has 0 amide bonds. The van der Waals surface area contributed by atoms with Crippen molar-refractivity contribution in [1.29, 1.82) is 0 Å². The Bertz CT molecular complexity index is 207. The lowest BCUT2D eigenvalue weighted by atomic mass is 9.87. The van der Waals surface area contributed by atoms with E-state index in [4.69, 9.17) is 0 Å². The van der Waals surface area contributed by atoms with Gasteiger partial charge in [0.2, 0.25) is 6.29 Å². The molecular formula is C14H25O2. The molecule has 16 heavy (non-hydrogen) atoms. The summed E-state index contributed by atoms with van der Waals surface area (Å²) in [5, 5.41) is 0. The molecule has 0 unspecified atom stereocenters.